The Labute approximate surface area is 526 Å². The molecular formula is C79H93NO9. The first kappa shape index (κ1) is 56.9. The summed E-state index contributed by atoms with van der Waals surface area (Å²) < 4.78 is 14.0. The second kappa shape index (κ2) is 20.1. The van der Waals surface area contributed by atoms with Crippen molar-refractivity contribution in [1.29, 1.82) is 0 Å². The summed E-state index contributed by atoms with van der Waals surface area (Å²) in [6.07, 6.45) is 27.1. The van der Waals surface area contributed by atoms with Gasteiger partial charge in [0.2, 0.25) is 0 Å². The molecule has 2 heterocycles. The molecule has 19 aliphatic rings. The van der Waals surface area contributed by atoms with E-state index in [1.165, 1.54) is 35.1 Å². The number of aliphatic hydroxyl groups excluding tert-OH is 2. The van der Waals surface area contributed by atoms with Gasteiger partial charge in [0.25, 0.3) is 0 Å². The summed E-state index contributed by atoms with van der Waals surface area (Å²) in [4.78, 5) is 30.5. The third kappa shape index (κ3) is 7.56. The molecule has 10 fully saturated rings. The molecule has 468 valence electrons. The van der Waals surface area contributed by atoms with Crippen LogP contribution in [0, 0.1) is 116 Å². The van der Waals surface area contributed by atoms with Gasteiger partial charge in [0.05, 0.1) is 30.0 Å². The lowest BCUT2D eigenvalue weighted by atomic mass is 9.31. The van der Waals surface area contributed by atoms with Crippen molar-refractivity contribution in [2.75, 3.05) is 7.05 Å². The maximum atomic E-state index is 16.1. The van der Waals surface area contributed by atoms with Crippen molar-refractivity contribution in [3.05, 3.63) is 142 Å². The molecule has 10 nitrogen and oxygen atoms in total. The summed E-state index contributed by atoms with van der Waals surface area (Å²) in [5.41, 5.74) is -1.03. The Bertz CT molecular complexity index is 3570. The number of rotatable bonds is 4. The molecule has 22 rings (SSSR count). The van der Waals surface area contributed by atoms with Gasteiger partial charge in [0, 0.05) is 57.6 Å². The molecule has 17 bridgehead atoms. The second-order valence-electron chi connectivity index (χ2n) is 32.9. The summed E-state index contributed by atoms with van der Waals surface area (Å²) in [6, 6.07) is 24.5. The van der Waals surface area contributed by atoms with Crippen LogP contribution in [-0.4, -0.2) is 86.0 Å². The lowest BCUT2D eigenvalue weighted by molar-refractivity contribution is -0.388. The standard InChI is InChI=1S/C79H93NO9/c1-80-66-37-59-50(13-6-16-54(59)41-81)21-25-73-24-20-48(39-73)30-46-9-4-8-45(28-46)29-47-10-5-14-51(31-47)52-18-19-63-55(32-52)33-57-23-27-88-72-65-35-53-15-7-17-58(49-11-2-3-12-49)60(53)36-64-71(84)79(87)67(75(44-82,78(64,65)86)43-76(57,63)72)22-26-74(42-73)69-56(40-77(74,79)85)34-61(66)70-62(69)38-68(83)89-70/h4-10,13-16,23,27-28,31,38,44,48-49,52-53,55-58,60-61,63-67,69-72,80-81,84-87H,2-3,11-12,17-20,22,24,26,29-30,32-37,39-43H2,1H3. The van der Waals surface area contributed by atoms with Crippen molar-refractivity contribution in [2.45, 2.75) is 201 Å². The predicted molar refractivity (Wildman–Crippen MR) is 337 cm³/mol. The topological polar surface area (TPSA) is 166 Å². The number of benzene rings is 3. The maximum Gasteiger partial charge on any atom is 0.331 e. The largest absolute Gasteiger partial charge is 0.497 e. The molecule has 3 spiro atoms. The quantitative estimate of drug-likeness (QED) is 0.0641. The fourth-order valence-corrected chi connectivity index (χ4v) is 27.2. The minimum absolute atomic E-state index is 0.0814. The van der Waals surface area contributed by atoms with Gasteiger partial charge in [-0.2, -0.15) is 0 Å². The normalized spacial score (nSPS) is 49.0. The summed E-state index contributed by atoms with van der Waals surface area (Å²) in [5, 5.41) is 76.1. The summed E-state index contributed by atoms with van der Waals surface area (Å²) >= 11 is 0. The van der Waals surface area contributed by atoms with Crippen molar-refractivity contribution in [3.63, 3.8) is 0 Å². The first-order valence-electron chi connectivity index (χ1n) is 35.5. The Morgan fingerprint density at radius 2 is 1.60 bits per heavy atom. The fourth-order valence-electron chi connectivity index (χ4n) is 27.2. The van der Waals surface area contributed by atoms with E-state index in [-0.39, 0.29) is 66.5 Å². The third-order valence-electron chi connectivity index (χ3n) is 30.1. The highest BCUT2D eigenvalue weighted by molar-refractivity contribution is 5.86. The number of fused-ring (bicyclic) bond motifs is 3. The van der Waals surface area contributed by atoms with Crippen LogP contribution >= 0.6 is 0 Å². The van der Waals surface area contributed by atoms with Crippen LogP contribution in [0.3, 0.4) is 0 Å². The van der Waals surface area contributed by atoms with E-state index in [4.69, 9.17) is 9.47 Å². The molecule has 3 aromatic carbocycles. The number of ether oxygens (including phenoxy) is 2. The molecule has 0 amide bonds. The van der Waals surface area contributed by atoms with Gasteiger partial charge in [0.15, 0.2) is 0 Å². The van der Waals surface area contributed by atoms with E-state index in [1.54, 1.807) is 6.08 Å². The molecule has 0 aromatic heterocycles. The number of hydrogen-bond acceptors (Lipinski definition) is 10. The molecule has 3 aromatic rings. The number of carbonyl (C=O) groups excluding carboxylic acids is 2. The molecule has 6 N–H and O–H groups in total. The molecule has 25 unspecified atom stereocenters. The minimum Gasteiger partial charge on any atom is -0.497 e. The Morgan fingerprint density at radius 3 is 2.44 bits per heavy atom. The summed E-state index contributed by atoms with van der Waals surface area (Å²) in [7, 11) is 1.97. The SMILES string of the molecule is CNC1Cc2c(cccc2CO)C#CC23CCC(Cc4cccc(c4)Cc4cccc(c4)C4CCC5C(C4)CC4C=COC6C7CC8C=CCC(C9CCCC9)C8CC8C(O)C9(O)C(CCC%10(C2)C2C%11=CC(=O)OC%11C1CC2CC%109O)C(C=O)(CC456)C78O)C3. The van der Waals surface area contributed by atoms with Gasteiger partial charge in [-0.15, -0.1) is 0 Å². The van der Waals surface area contributed by atoms with Crippen LogP contribution < -0.4 is 5.32 Å². The molecule has 17 aliphatic carbocycles. The fraction of sp³-hybridized carbons (Fsp3) is 0.646. The van der Waals surface area contributed by atoms with Gasteiger partial charge in [0.1, 0.15) is 29.7 Å². The lowest BCUT2D eigenvalue weighted by Gasteiger charge is -2.76. The maximum absolute atomic E-state index is 16.1. The van der Waals surface area contributed by atoms with Crippen molar-refractivity contribution in [1.82, 2.24) is 5.32 Å². The zero-order valence-electron chi connectivity index (χ0n) is 52.1. The van der Waals surface area contributed by atoms with Gasteiger partial charge < -0.3 is 45.1 Å². The first-order valence-corrected chi connectivity index (χ1v) is 35.5. The minimum atomic E-state index is -2.26. The van der Waals surface area contributed by atoms with Crippen molar-refractivity contribution < 1.29 is 44.6 Å². The molecule has 2 aliphatic heterocycles. The van der Waals surface area contributed by atoms with Crippen LogP contribution in [-0.2, 0) is 44.9 Å². The molecular weight excluding hydrogens is 1110 g/mol. The average Bonchev–Trinajstić information content (AvgIpc) is 1.62. The van der Waals surface area contributed by atoms with E-state index >= 15 is 20.1 Å². The zero-order valence-corrected chi connectivity index (χ0v) is 52.1. The summed E-state index contributed by atoms with van der Waals surface area (Å²) in [6.45, 7) is -0.136. The zero-order chi connectivity index (χ0) is 60.2. The van der Waals surface area contributed by atoms with Gasteiger partial charge in [-0.3, -0.25) is 0 Å². The van der Waals surface area contributed by atoms with Crippen LogP contribution in [0.2, 0.25) is 0 Å². The predicted octanol–water partition coefficient (Wildman–Crippen LogP) is 11.2. The molecule has 0 saturated heterocycles. The van der Waals surface area contributed by atoms with Gasteiger partial charge >= 0.3 is 5.97 Å². The number of hydrogen-bond donors (Lipinski definition) is 6. The Balaban J connectivity index is 0.885. The van der Waals surface area contributed by atoms with Crippen molar-refractivity contribution in [3.8, 4) is 11.8 Å². The van der Waals surface area contributed by atoms with Crippen LogP contribution in [0.5, 0.6) is 0 Å². The number of esters is 1. The first-order chi connectivity index (χ1) is 43.2. The van der Waals surface area contributed by atoms with Gasteiger partial charge in [-0.25, -0.2) is 4.79 Å². The van der Waals surface area contributed by atoms with Crippen molar-refractivity contribution >= 4 is 12.3 Å². The summed E-state index contributed by atoms with van der Waals surface area (Å²) in [5.74, 6) is 6.54. The number of likely N-dealkylation sites (N-methyl/N-ethyl adjacent to an activating group) is 1. The van der Waals surface area contributed by atoms with Gasteiger partial charge in [-0.1, -0.05) is 110 Å². The Hall–Kier alpha value is -4.86. The van der Waals surface area contributed by atoms with Crippen LogP contribution in [0.1, 0.15) is 173 Å². The molecule has 10 saturated carbocycles. The van der Waals surface area contributed by atoms with Crippen LogP contribution in [0.25, 0.3) is 0 Å². The van der Waals surface area contributed by atoms with E-state index in [1.807, 2.05) is 25.4 Å². The van der Waals surface area contributed by atoms with E-state index in [0.29, 0.717) is 75.0 Å². The highest BCUT2D eigenvalue weighted by Gasteiger charge is 2.88. The molecule has 0 radical (unpaired) electrons. The number of nitrogens with one attached hydrogen (secondary N) is 1. The molecule has 10 heteroatoms. The highest BCUT2D eigenvalue weighted by Crippen LogP contribution is 2.82. The van der Waals surface area contributed by atoms with E-state index in [2.05, 4.69) is 90.0 Å². The van der Waals surface area contributed by atoms with Crippen LogP contribution in [0.4, 0.5) is 0 Å². The van der Waals surface area contributed by atoms with E-state index in [0.717, 1.165) is 106 Å². The van der Waals surface area contributed by atoms with Crippen molar-refractivity contribution in [2.24, 2.45) is 105 Å². The van der Waals surface area contributed by atoms with Gasteiger partial charge in [-0.05, 0) is 245 Å². The second-order valence-corrected chi connectivity index (χ2v) is 32.9. The number of aldehydes is 1. The van der Waals surface area contributed by atoms with E-state index in [9.17, 15) is 15.0 Å². The monoisotopic (exact) mass is 1200 g/mol. The average molecular weight is 1200 g/mol. The highest BCUT2D eigenvalue weighted by atomic mass is 16.5. The third-order valence-corrected chi connectivity index (χ3v) is 30.1. The number of allylic oxidation sites excluding steroid dienone is 3. The van der Waals surface area contributed by atoms with Crippen LogP contribution in [0.15, 0.2) is 103 Å². The van der Waals surface area contributed by atoms with E-state index < -0.39 is 80.4 Å². The Morgan fingerprint density at radius 1 is 0.764 bits per heavy atom. The Kier molecular flexibility index (Phi) is 12.8. The lowest BCUT2D eigenvalue weighted by Crippen LogP contribution is -2.87. The number of carbonyl (C=O) groups is 2. The number of aliphatic hydroxyl groups is 5. The smallest absolute Gasteiger partial charge is 0.331 e. The molecule has 89 heavy (non-hydrogen) atoms. The molecule has 25 atom stereocenters.